The largest absolute Gasteiger partial charge is 0.497 e. The summed E-state index contributed by atoms with van der Waals surface area (Å²) in [5.41, 5.74) is 1.26. The third-order valence-electron chi connectivity index (χ3n) is 4.10. The van der Waals surface area contributed by atoms with E-state index in [9.17, 15) is 0 Å². The molecule has 5 nitrogen and oxygen atoms in total. The molecule has 1 aliphatic rings. The van der Waals surface area contributed by atoms with E-state index in [0.29, 0.717) is 6.54 Å². The number of nitrogens with one attached hydrogen (secondary N) is 2. The zero-order valence-corrected chi connectivity index (χ0v) is 14.0. The Balaban J connectivity index is 2.09. The first-order valence-corrected chi connectivity index (χ1v) is 8.04. The fourth-order valence-corrected chi connectivity index (χ4v) is 2.91. The molecule has 0 saturated carbocycles. The summed E-state index contributed by atoms with van der Waals surface area (Å²) in [6.45, 7) is 3.49. The van der Waals surface area contributed by atoms with Crippen molar-refractivity contribution in [2.45, 2.75) is 18.9 Å². The van der Waals surface area contributed by atoms with Crippen molar-refractivity contribution in [2.75, 3.05) is 40.3 Å². The highest BCUT2D eigenvalue weighted by molar-refractivity contribution is 5.79. The third kappa shape index (κ3) is 4.90. The van der Waals surface area contributed by atoms with E-state index in [0.717, 1.165) is 31.3 Å². The van der Waals surface area contributed by atoms with Gasteiger partial charge in [-0.25, -0.2) is 0 Å². The quantitative estimate of drug-likeness (QED) is 0.476. The van der Waals surface area contributed by atoms with Crippen LogP contribution in [0.15, 0.2) is 29.3 Å². The number of benzene rings is 1. The van der Waals surface area contributed by atoms with Crippen LogP contribution in [0.2, 0.25) is 0 Å². The van der Waals surface area contributed by atoms with Gasteiger partial charge in [-0.1, -0.05) is 18.1 Å². The van der Waals surface area contributed by atoms with Crippen molar-refractivity contribution < 1.29 is 4.74 Å². The molecule has 1 fully saturated rings. The predicted octanol–water partition coefficient (Wildman–Crippen LogP) is 1.63. The fourth-order valence-electron chi connectivity index (χ4n) is 2.91. The van der Waals surface area contributed by atoms with Gasteiger partial charge in [0.1, 0.15) is 5.75 Å². The van der Waals surface area contributed by atoms with Crippen molar-refractivity contribution in [1.82, 2.24) is 15.5 Å². The van der Waals surface area contributed by atoms with Crippen LogP contribution in [0, 0.1) is 12.3 Å². The van der Waals surface area contributed by atoms with Crippen LogP contribution in [0.1, 0.15) is 24.4 Å². The Bertz CT molecular complexity index is 558. The molecule has 0 aromatic heterocycles. The normalized spacial score (nSPS) is 16.7. The van der Waals surface area contributed by atoms with Crippen LogP contribution in [0.4, 0.5) is 0 Å². The minimum atomic E-state index is 0.289. The molecular formula is C18H26N4O. The van der Waals surface area contributed by atoms with Gasteiger partial charge in [0.15, 0.2) is 5.96 Å². The van der Waals surface area contributed by atoms with Gasteiger partial charge >= 0.3 is 0 Å². The summed E-state index contributed by atoms with van der Waals surface area (Å²) in [4.78, 5) is 6.72. The first kappa shape index (κ1) is 17.2. The monoisotopic (exact) mass is 314 g/mol. The van der Waals surface area contributed by atoms with Gasteiger partial charge in [-0.05, 0) is 43.6 Å². The number of hydrogen-bond acceptors (Lipinski definition) is 3. The maximum atomic E-state index is 5.37. The number of aliphatic imine (C=N–C) groups is 1. The molecule has 23 heavy (non-hydrogen) atoms. The molecule has 1 saturated heterocycles. The number of nitrogens with zero attached hydrogens (tertiary/aromatic N) is 2. The number of rotatable bonds is 6. The third-order valence-corrected chi connectivity index (χ3v) is 4.10. The zero-order valence-electron chi connectivity index (χ0n) is 14.0. The van der Waals surface area contributed by atoms with Crippen LogP contribution < -0.4 is 15.4 Å². The second kappa shape index (κ2) is 9.06. The lowest BCUT2D eigenvalue weighted by molar-refractivity contribution is 0.245. The van der Waals surface area contributed by atoms with Gasteiger partial charge in [-0.15, -0.1) is 6.42 Å². The molecule has 1 aromatic rings. The van der Waals surface area contributed by atoms with E-state index in [2.05, 4.69) is 38.6 Å². The lowest BCUT2D eigenvalue weighted by Crippen LogP contribution is -2.42. The Morgan fingerprint density at radius 2 is 2.17 bits per heavy atom. The first-order valence-electron chi connectivity index (χ1n) is 8.04. The lowest BCUT2D eigenvalue weighted by atomic mass is 10.1. The van der Waals surface area contributed by atoms with E-state index in [1.165, 1.54) is 18.4 Å². The number of terminal acetylenes is 1. The van der Waals surface area contributed by atoms with Gasteiger partial charge in [0, 0.05) is 13.6 Å². The Morgan fingerprint density at radius 3 is 2.83 bits per heavy atom. The predicted molar refractivity (Wildman–Crippen MR) is 94.7 cm³/mol. The molecule has 2 rings (SSSR count). The zero-order chi connectivity index (χ0) is 16.5. The van der Waals surface area contributed by atoms with Crippen molar-refractivity contribution in [3.8, 4) is 18.1 Å². The molecule has 1 unspecified atom stereocenters. The van der Waals surface area contributed by atoms with Crippen molar-refractivity contribution in [3.63, 3.8) is 0 Å². The van der Waals surface area contributed by atoms with Crippen molar-refractivity contribution in [3.05, 3.63) is 29.8 Å². The van der Waals surface area contributed by atoms with Gasteiger partial charge in [-0.3, -0.25) is 9.89 Å². The molecule has 124 valence electrons. The summed E-state index contributed by atoms with van der Waals surface area (Å²) in [6, 6.07) is 8.58. The summed E-state index contributed by atoms with van der Waals surface area (Å²) in [5.74, 6) is 4.18. The van der Waals surface area contributed by atoms with Crippen LogP contribution in [-0.4, -0.2) is 51.2 Å². The number of methoxy groups -OCH3 is 1. The summed E-state index contributed by atoms with van der Waals surface area (Å²) in [6.07, 6.45) is 7.80. The topological polar surface area (TPSA) is 48.9 Å². The fraction of sp³-hybridized carbons (Fsp3) is 0.500. The Morgan fingerprint density at radius 1 is 1.39 bits per heavy atom. The smallest absolute Gasteiger partial charge is 0.191 e. The van der Waals surface area contributed by atoms with E-state index < -0.39 is 0 Å². The summed E-state index contributed by atoms with van der Waals surface area (Å²) in [5, 5.41) is 6.48. The molecule has 1 aliphatic heterocycles. The number of hydrogen-bond donors (Lipinski definition) is 2. The highest BCUT2D eigenvalue weighted by Gasteiger charge is 2.24. The number of guanidine groups is 1. The maximum absolute atomic E-state index is 5.37. The minimum absolute atomic E-state index is 0.289. The molecular weight excluding hydrogens is 288 g/mol. The van der Waals surface area contributed by atoms with E-state index in [1.54, 1.807) is 14.2 Å². The van der Waals surface area contributed by atoms with Gasteiger partial charge in [0.2, 0.25) is 0 Å². The molecule has 5 heteroatoms. The summed E-state index contributed by atoms with van der Waals surface area (Å²) in [7, 11) is 3.45. The standard InChI is InChI=1S/C18H26N4O/c1-4-10-20-18(19-2)21-14-17(22-11-5-6-12-22)15-8-7-9-16(13-15)23-3/h1,7-9,13,17H,5-6,10-12,14H2,2-3H3,(H2,19,20,21). The van der Waals surface area contributed by atoms with Gasteiger partial charge < -0.3 is 15.4 Å². The van der Waals surface area contributed by atoms with Gasteiger partial charge in [-0.2, -0.15) is 0 Å². The van der Waals surface area contributed by atoms with Crippen LogP contribution in [0.3, 0.4) is 0 Å². The van der Waals surface area contributed by atoms with Crippen LogP contribution >= 0.6 is 0 Å². The van der Waals surface area contributed by atoms with Crippen LogP contribution in [0.25, 0.3) is 0 Å². The molecule has 0 amide bonds. The highest BCUT2D eigenvalue weighted by Crippen LogP contribution is 2.27. The molecule has 2 N–H and O–H groups in total. The van der Waals surface area contributed by atoms with Crippen LogP contribution in [-0.2, 0) is 0 Å². The van der Waals surface area contributed by atoms with E-state index >= 15 is 0 Å². The maximum Gasteiger partial charge on any atom is 0.191 e. The number of likely N-dealkylation sites (tertiary alicyclic amines) is 1. The molecule has 0 bridgehead atoms. The molecule has 0 radical (unpaired) electrons. The second-order valence-electron chi connectivity index (χ2n) is 5.55. The molecule has 0 aliphatic carbocycles. The summed E-state index contributed by atoms with van der Waals surface area (Å²) < 4.78 is 5.37. The average Bonchev–Trinajstić information content (AvgIpc) is 3.12. The summed E-state index contributed by atoms with van der Waals surface area (Å²) >= 11 is 0. The van der Waals surface area contributed by atoms with E-state index in [1.807, 2.05) is 12.1 Å². The Labute approximate surface area is 139 Å². The molecule has 0 spiro atoms. The first-order chi connectivity index (χ1) is 11.3. The van der Waals surface area contributed by atoms with Crippen LogP contribution in [0.5, 0.6) is 5.75 Å². The minimum Gasteiger partial charge on any atom is -0.497 e. The second-order valence-corrected chi connectivity index (χ2v) is 5.55. The van der Waals surface area contributed by atoms with Crippen molar-refractivity contribution >= 4 is 5.96 Å². The molecule has 1 heterocycles. The van der Waals surface area contributed by atoms with E-state index in [4.69, 9.17) is 11.2 Å². The van der Waals surface area contributed by atoms with Gasteiger partial charge in [0.25, 0.3) is 0 Å². The van der Waals surface area contributed by atoms with Crippen molar-refractivity contribution in [1.29, 1.82) is 0 Å². The van der Waals surface area contributed by atoms with E-state index in [-0.39, 0.29) is 6.04 Å². The SMILES string of the molecule is C#CCNC(=NC)NCC(c1cccc(OC)c1)N1CCCC1. The molecule has 1 atom stereocenters. The number of ether oxygens (including phenoxy) is 1. The van der Waals surface area contributed by atoms with Crippen molar-refractivity contribution in [2.24, 2.45) is 4.99 Å². The molecule has 1 aromatic carbocycles. The van der Waals surface area contributed by atoms with Gasteiger partial charge in [0.05, 0.1) is 19.7 Å². The highest BCUT2D eigenvalue weighted by atomic mass is 16.5. The Hall–Kier alpha value is -2.19. The average molecular weight is 314 g/mol. The lowest BCUT2D eigenvalue weighted by Gasteiger charge is -2.29. The Kier molecular flexibility index (Phi) is 6.76.